The molecule has 2 amide bonds. The summed E-state index contributed by atoms with van der Waals surface area (Å²) in [5.41, 5.74) is -0.522. The maximum Gasteiger partial charge on any atom is 0.464 e. The highest BCUT2D eigenvalue weighted by Gasteiger charge is 2.65. The lowest BCUT2D eigenvalue weighted by molar-refractivity contribution is -0.146. The van der Waals surface area contributed by atoms with Gasteiger partial charge in [0, 0.05) is 11.7 Å². The number of carbonyl (C=O) groups is 3. The number of amides is 2. The fraction of sp³-hybridized carbons (Fsp3) is 0.750. The maximum absolute atomic E-state index is 13.3. The van der Waals surface area contributed by atoms with Crippen LogP contribution in [0, 0.1) is 5.92 Å². The molecule has 3 fully saturated rings. The minimum atomic E-state index is -1.27. The molecule has 1 heterocycles. The topological polar surface area (TPSA) is 101 Å². The Morgan fingerprint density at radius 2 is 1.33 bits per heavy atom. The van der Waals surface area contributed by atoms with Crippen molar-refractivity contribution in [2.24, 2.45) is 5.92 Å². The van der Waals surface area contributed by atoms with Crippen molar-refractivity contribution in [1.29, 1.82) is 0 Å². The van der Waals surface area contributed by atoms with Crippen LogP contribution in [0.1, 0.15) is 131 Å². The van der Waals surface area contributed by atoms with Crippen LogP contribution in [0.4, 0.5) is 9.59 Å². The Labute approximate surface area is 276 Å². The molecule has 0 bridgehead atoms. The first-order chi connectivity index (χ1) is 21.2. The van der Waals surface area contributed by atoms with Crippen LogP contribution < -0.4 is 0 Å². The predicted molar refractivity (Wildman–Crippen MR) is 178 cm³/mol. The van der Waals surface area contributed by atoms with Gasteiger partial charge in [-0.2, -0.15) is 4.90 Å². The normalized spacial score (nSPS) is 25.3. The molecule has 2 aliphatic carbocycles. The fourth-order valence-corrected chi connectivity index (χ4v) is 7.08. The zero-order chi connectivity index (χ0) is 34.3. The summed E-state index contributed by atoms with van der Waals surface area (Å²) in [5, 5.41) is -0.00783. The van der Waals surface area contributed by atoms with Gasteiger partial charge in [0.25, 0.3) is 0 Å². The van der Waals surface area contributed by atoms with E-state index in [-0.39, 0.29) is 30.1 Å². The second-order valence-corrected chi connectivity index (χ2v) is 16.6. The Kier molecular flexibility index (Phi) is 10.4. The first-order valence-electron chi connectivity index (χ1n) is 17.0. The number of rotatable bonds is 7. The van der Waals surface area contributed by atoms with Gasteiger partial charge in [0.15, 0.2) is 0 Å². The second-order valence-electron chi connectivity index (χ2n) is 16.6. The molecule has 0 spiro atoms. The van der Waals surface area contributed by atoms with E-state index in [2.05, 4.69) is 39.8 Å². The summed E-state index contributed by atoms with van der Waals surface area (Å²) < 4.78 is 29.4. The molecule has 2 saturated carbocycles. The van der Waals surface area contributed by atoms with Crippen LogP contribution in [0.3, 0.4) is 0 Å². The highest BCUT2D eigenvalue weighted by molar-refractivity contribution is 6.50. The molecule has 256 valence electrons. The van der Waals surface area contributed by atoms with E-state index in [9.17, 15) is 14.4 Å². The first kappa shape index (κ1) is 36.3. The van der Waals surface area contributed by atoms with Crippen molar-refractivity contribution in [2.75, 3.05) is 7.11 Å². The SMILES string of the molecule is COC(=O)[C@H](Cc1ccc(C2CC(B3OC(C)(C)C(C)(C)O3)(C3CCCCC3)C2)cc1)N(C(=O)OC(C)(C)C)C(=O)OC(C)(C)C. The van der Waals surface area contributed by atoms with E-state index in [1.165, 1.54) is 44.8 Å². The van der Waals surface area contributed by atoms with Gasteiger partial charge in [-0.05, 0) is 105 Å². The average Bonchev–Trinajstić information content (AvgIpc) is 3.13. The molecule has 0 radical (unpaired) electrons. The van der Waals surface area contributed by atoms with Crippen molar-refractivity contribution in [1.82, 2.24) is 4.90 Å². The van der Waals surface area contributed by atoms with Gasteiger partial charge in [-0.1, -0.05) is 56.4 Å². The van der Waals surface area contributed by atoms with Gasteiger partial charge in [0.2, 0.25) is 0 Å². The predicted octanol–water partition coefficient (Wildman–Crippen LogP) is 8.23. The van der Waals surface area contributed by atoms with Gasteiger partial charge < -0.3 is 23.5 Å². The molecule has 0 aromatic heterocycles. The van der Waals surface area contributed by atoms with E-state index in [0.29, 0.717) is 11.8 Å². The van der Waals surface area contributed by atoms with E-state index >= 15 is 0 Å². The van der Waals surface area contributed by atoms with Gasteiger partial charge >= 0.3 is 25.3 Å². The van der Waals surface area contributed by atoms with Crippen LogP contribution >= 0.6 is 0 Å². The molecule has 1 atom stereocenters. The van der Waals surface area contributed by atoms with Crippen LogP contribution in [0.5, 0.6) is 0 Å². The molecule has 1 aromatic carbocycles. The number of ether oxygens (including phenoxy) is 3. The molecular weight excluding hydrogens is 585 g/mol. The zero-order valence-corrected chi connectivity index (χ0v) is 30.0. The highest BCUT2D eigenvalue weighted by Crippen LogP contribution is 2.67. The summed E-state index contributed by atoms with van der Waals surface area (Å²) >= 11 is 0. The van der Waals surface area contributed by atoms with Crippen LogP contribution in [0.15, 0.2) is 24.3 Å². The van der Waals surface area contributed by atoms with Crippen molar-refractivity contribution < 1.29 is 37.9 Å². The zero-order valence-electron chi connectivity index (χ0n) is 30.0. The number of methoxy groups -OCH3 is 1. The number of benzene rings is 1. The van der Waals surface area contributed by atoms with Gasteiger partial charge in [0.1, 0.15) is 17.2 Å². The van der Waals surface area contributed by atoms with E-state index in [1.54, 1.807) is 41.5 Å². The Morgan fingerprint density at radius 1 is 0.848 bits per heavy atom. The maximum atomic E-state index is 13.3. The standard InChI is InChI=1S/C36H56BNO8/c1-32(2,3)43-30(40)38(31(41)44-33(4,5)6)28(29(39)42-11)21-24-17-19-25(20-18-24)26-22-36(23-26,27-15-13-12-14-16-27)37-45-34(7,8)35(9,10)46-37/h17-20,26-28H,12-16,21-23H2,1-11H3/t26?,28-,36?/m0/s1. The molecule has 0 unspecified atom stereocenters. The van der Waals surface area contributed by atoms with E-state index < -0.39 is 35.4 Å². The Bertz CT molecular complexity index is 1210. The monoisotopic (exact) mass is 641 g/mol. The quantitative estimate of drug-likeness (QED) is 0.167. The van der Waals surface area contributed by atoms with Crippen molar-refractivity contribution in [3.05, 3.63) is 35.4 Å². The summed E-state index contributed by atoms with van der Waals surface area (Å²) in [5.74, 6) is 0.213. The van der Waals surface area contributed by atoms with Crippen molar-refractivity contribution >= 4 is 25.3 Å². The molecule has 10 heteroatoms. The molecule has 1 aliphatic heterocycles. The molecule has 1 saturated heterocycles. The molecule has 9 nitrogen and oxygen atoms in total. The van der Waals surface area contributed by atoms with Gasteiger partial charge in [-0.15, -0.1) is 0 Å². The van der Waals surface area contributed by atoms with Crippen LogP contribution in [-0.4, -0.2) is 65.7 Å². The number of nitrogens with zero attached hydrogens (tertiary/aromatic N) is 1. The minimum absolute atomic E-state index is 0.00783. The van der Waals surface area contributed by atoms with E-state index in [4.69, 9.17) is 23.5 Å². The third-order valence-corrected chi connectivity index (χ3v) is 10.2. The Hall–Kier alpha value is -2.59. The molecular formula is C36H56BNO8. The van der Waals surface area contributed by atoms with E-state index in [0.717, 1.165) is 23.3 Å². The molecule has 0 N–H and O–H groups in total. The number of imide groups is 1. The summed E-state index contributed by atoms with van der Waals surface area (Å²) in [6.07, 6.45) is 6.38. The molecule has 3 aliphatic rings. The van der Waals surface area contributed by atoms with Crippen LogP contribution in [0.25, 0.3) is 0 Å². The highest BCUT2D eigenvalue weighted by atomic mass is 16.7. The average molecular weight is 642 g/mol. The summed E-state index contributed by atoms with van der Waals surface area (Å²) in [4.78, 5) is 40.4. The van der Waals surface area contributed by atoms with Gasteiger partial charge in [0.05, 0.1) is 18.3 Å². The number of esters is 1. The second kappa shape index (κ2) is 13.1. The summed E-state index contributed by atoms with van der Waals surface area (Å²) in [6.45, 7) is 18.7. The van der Waals surface area contributed by atoms with Crippen molar-refractivity contribution in [3.8, 4) is 0 Å². The van der Waals surface area contributed by atoms with E-state index in [1.807, 2.05) is 12.1 Å². The van der Waals surface area contributed by atoms with Crippen LogP contribution in [-0.2, 0) is 34.7 Å². The fourth-order valence-electron chi connectivity index (χ4n) is 7.08. The van der Waals surface area contributed by atoms with Crippen molar-refractivity contribution in [3.63, 3.8) is 0 Å². The third kappa shape index (κ3) is 7.92. The Balaban J connectivity index is 1.54. The largest absolute Gasteiger partial charge is 0.467 e. The first-order valence-corrected chi connectivity index (χ1v) is 17.0. The van der Waals surface area contributed by atoms with Crippen molar-refractivity contribution in [2.45, 2.75) is 160 Å². The lowest BCUT2D eigenvalue weighted by Gasteiger charge is -2.54. The number of carbonyl (C=O) groups excluding carboxylic acids is 3. The summed E-state index contributed by atoms with van der Waals surface area (Å²) in [7, 11) is 1.01. The lowest BCUT2D eigenvalue weighted by Crippen LogP contribution is -2.53. The van der Waals surface area contributed by atoms with Gasteiger partial charge in [-0.3, -0.25) is 0 Å². The van der Waals surface area contributed by atoms with Gasteiger partial charge in [-0.25, -0.2) is 14.4 Å². The summed E-state index contributed by atoms with van der Waals surface area (Å²) in [6, 6.07) is 6.83. The smallest absolute Gasteiger partial charge is 0.464 e. The van der Waals surface area contributed by atoms with Crippen LogP contribution in [0.2, 0.25) is 5.31 Å². The minimum Gasteiger partial charge on any atom is -0.467 e. The number of hydrogen-bond acceptors (Lipinski definition) is 8. The third-order valence-electron chi connectivity index (χ3n) is 10.2. The number of hydrogen-bond donors (Lipinski definition) is 0. The molecule has 4 rings (SSSR count). The lowest BCUT2D eigenvalue weighted by atomic mass is 9.37. The molecule has 46 heavy (non-hydrogen) atoms. The molecule has 1 aromatic rings. The Morgan fingerprint density at radius 3 is 1.76 bits per heavy atom.